The van der Waals surface area contributed by atoms with E-state index >= 15 is 0 Å². The van der Waals surface area contributed by atoms with Crippen LogP contribution in [0.1, 0.15) is 38.8 Å². The second-order valence-corrected chi connectivity index (χ2v) is 4.29. The van der Waals surface area contributed by atoms with E-state index in [4.69, 9.17) is 5.26 Å². The van der Waals surface area contributed by atoms with Gasteiger partial charge >= 0.3 is 0 Å². The van der Waals surface area contributed by atoms with Crippen molar-refractivity contribution in [3.8, 4) is 11.8 Å². The zero-order chi connectivity index (χ0) is 16.7. The van der Waals surface area contributed by atoms with Crippen molar-refractivity contribution in [3.63, 3.8) is 0 Å². The van der Waals surface area contributed by atoms with Gasteiger partial charge in [0.1, 0.15) is 5.75 Å². The quantitative estimate of drug-likeness (QED) is 0.819. The van der Waals surface area contributed by atoms with Crippen LogP contribution < -0.4 is 5.56 Å². The van der Waals surface area contributed by atoms with Crippen molar-refractivity contribution in [1.82, 2.24) is 4.98 Å². The number of rotatable bonds is 2. The number of fused-ring (bicyclic) bond motifs is 1. The van der Waals surface area contributed by atoms with Crippen molar-refractivity contribution in [2.24, 2.45) is 0 Å². The van der Waals surface area contributed by atoms with Crippen LogP contribution in [-0.4, -0.2) is 10.1 Å². The third kappa shape index (κ3) is 3.26. The minimum atomic E-state index is -0.356. The van der Waals surface area contributed by atoms with Gasteiger partial charge in [-0.1, -0.05) is 32.1 Å². The number of pyridine rings is 1. The molecular formula is C18H20N2O2. The van der Waals surface area contributed by atoms with E-state index in [1.807, 2.05) is 26.8 Å². The first kappa shape index (κ1) is 17.3. The van der Waals surface area contributed by atoms with Crippen LogP contribution in [0, 0.1) is 11.3 Å². The summed E-state index contributed by atoms with van der Waals surface area (Å²) >= 11 is 0. The lowest BCUT2D eigenvalue weighted by Gasteiger charge is -2.08. The van der Waals surface area contributed by atoms with E-state index in [2.05, 4.69) is 4.98 Å². The van der Waals surface area contributed by atoms with Gasteiger partial charge in [0, 0.05) is 5.39 Å². The molecule has 0 aliphatic carbocycles. The second-order valence-electron chi connectivity index (χ2n) is 4.29. The molecule has 1 aromatic carbocycles. The Morgan fingerprint density at radius 3 is 2.55 bits per heavy atom. The van der Waals surface area contributed by atoms with Crippen molar-refractivity contribution < 1.29 is 5.11 Å². The Bertz CT molecular complexity index is 821. The van der Waals surface area contributed by atoms with Crippen LogP contribution in [0.15, 0.2) is 41.2 Å². The molecule has 2 rings (SSSR count). The molecule has 1 aromatic heterocycles. The number of benzene rings is 1. The fraction of sp³-hybridized carbons (Fsp3) is 0.222. The van der Waals surface area contributed by atoms with Crippen LogP contribution in [-0.2, 0) is 0 Å². The summed E-state index contributed by atoms with van der Waals surface area (Å²) in [6, 6.07) is 6.79. The van der Waals surface area contributed by atoms with Crippen molar-refractivity contribution in [3.05, 3.63) is 57.9 Å². The number of hydrogen-bond acceptors (Lipinski definition) is 3. The maximum Gasteiger partial charge on any atom is 0.260 e. The highest BCUT2D eigenvalue weighted by Crippen LogP contribution is 2.30. The van der Waals surface area contributed by atoms with E-state index in [0.29, 0.717) is 22.0 Å². The number of nitrogens with zero attached hydrogens (tertiary/aromatic N) is 1. The van der Waals surface area contributed by atoms with E-state index in [1.165, 1.54) is 0 Å². The zero-order valence-corrected chi connectivity index (χ0v) is 13.3. The largest absolute Gasteiger partial charge is 0.506 e. The fourth-order valence-electron chi connectivity index (χ4n) is 2.12. The molecule has 0 aliphatic heterocycles. The van der Waals surface area contributed by atoms with Gasteiger partial charge in [0.15, 0.2) is 0 Å². The molecule has 114 valence electrons. The number of aromatic amines is 1. The van der Waals surface area contributed by atoms with Crippen LogP contribution >= 0.6 is 0 Å². The lowest BCUT2D eigenvalue weighted by atomic mass is 10.0. The molecule has 0 amide bonds. The van der Waals surface area contributed by atoms with Gasteiger partial charge in [-0.3, -0.25) is 4.79 Å². The summed E-state index contributed by atoms with van der Waals surface area (Å²) in [6.07, 6.45) is 5.30. The van der Waals surface area contributed by atoms with Gasteiger partial charge < -0.3 is 10.1 Å². The molecule has 0 fully saturated rings. The molecule has 4 heteroatoms. The lowest BCUT2D eigenvalue weighted by Crippen LogP contribution is -2.12. The monoisotopic (exact) mass is 296 g/mol. The molecule has 0 spiro atoms. The molecule has 2 N–H and O–H groups in total. The van der Waals surface area contributed by atoms with Crippen LogP contribution in [0.3, 0.4) is 0 Å². The number of aromatic hydroxyl groups is 1. The summed E-state index contributed by atoms with van der Waals surface area (Å²) in [7, 11) is 0. The van der Waals surface area contributed by atoms with E-state index in [0.717, 1.165) is 0 Å². The normalized spacial score (nSPS) is 11.1. The minimum Gasteiger partial charge on any atom is -0.506 e. The number of hydrogen-bond donors (Lipinski definition) is 2. The molecule has 4 nitrogen and oxygen atoms in total. The van der Waals surface area contributed by atoms with E-state index < -0.39 is 0 Å². The maximum absolute atomic E-state index is 12.1. The highest BCUT2D eigenvalue weighted by Gasteiger charge is 2.14. The van der Waals surface area contributed by atoms with E-state index in [9.17, 15) is 9.90 Å². The molecule has 0 bridgehead atoms. The van der Waals surface area contributed by atoms with Crippen LogP contribution in [0.2, 0.25) is 0 Å². The van der Waals surface area contributed by atoms with Gasteiger partial charge in [-0.05, 0) is 37.6 Å². The van der Waals surface area contributed by atoms with Crippen LogP contribution in [0.25, 0.3) is 16.5 Å². The summed E-state index contributed by atoms with van der Waals surface area (Å²) in [6.45, 7) is 7.63. The predicted molar refractivity (Wildman–Crippen MR) is 90.8 cm³/mol. The average Bonchev–Trinajstić information content (AvgIpc) is 2.55. The Morgan fingerprint density at radius 2 is 2.00 bits per heavy atom. The number of allylic oxidation sites excluding steroid dienone is 4. The Morgan fingerprint density at radius 1 is 1.32 bits per heavy atom. The van der Waals surface area contributed by atoms with Gasteiger partial charge in [-0.2, -0.15) is 5.26 Å². The van der Waals surface area contributed by atoms with Gasteiger partial charge in [0.25, 0.3) is 5.56 Å². The molecule has 2 aromatic rings. The highest BCUT2D eigenvalue weighted by atomic mass is 16.3. The van der Waals surface area contributed by atoms with Gasteiger partial charge in [0.05, 0.1) is 22.7 Å². The first-order valence-corrected chi connectivity index (χ1v) is 7.20. The molecule has 0 radical (unpaired) electrons. The SMILES string of the molecule is C/C=C\C(=C/C)c1c(O)c2cc(C#N)ccc2[nH]c1=O.CC. The smallest absolute Gasteiger partial charge is 0.260 e. The average molecular weight is 296 g/mol. The van der Waals surface area contributed by atoms with Gasteiger partial charge in [0.2, 0.25) is 0 Å². The Hall–Kier alpha value is -2.80. The van der Waals surface area contributed by atoms with Gasteiger partial charge in [-0.15, -0.1) is 0 Å². The lowest BCUT2D eigenvalue weighted by molar-refractivity contribution is 0.479. The third-order valence-electron chi connectivity index (χ3n) is 3.06. The second kappa shape index (κ2) is 7.84. The minimum absolute atomic E-state index is 0.105. The third-order valence-corrected chi connectivity index (χ3v) is 3.06. The molecular weight excluding hydrogens is 276 g/mol. The van der Waals surface area contributed by atoms with Crippen molar-refractivity contribution >= 4 is 16.5 Å². The summed E-state index contributed by atoms with van der Waals surface area (Å²) in [4.78, 5) is 14.9. The molecule has 1 heterocycles. The summed E-state index contributed by atoms with van der Waals surface area (Å²) < 4.78 is 0. The summed E-state index contributed by atoms with van der Waals surface area (Å²) in [5.41, 5.74) is 1.43. The molecule has 0 saturated heterocycles. The summed E-state index contributed by atoms with van der Waals surface area (Å²) in [5, 5.41) is 19.8. The molecule has 0 aliphatic rings. The first-order valence-electron chi connectivity index (χ1n) is 7.20. The predicted octanol–water partition coefficient (Wildman–Crippen LogP) is 4.11. The molecule has 0 unspecified atom stereocenters. The molecule has 22 heavy (non-hydrogen) atoms. The van der Waals surface area contributed by atoms with Crippen LogP contribution in [0.4, 0.5) is 0 Å². The Labute approximate surface area is 130 Å². The Balaban J connectivity index is 0.00000116. The number of H-pyrrole nitrogens is 1. The molecule has 0 atom stereocenters. The summed E-state index contributed by atoms with van der Waals surface area (Å²) in [5.74, 6) is -0.105. The van der Waals surface area contributed by atoms with E-state index in [-0.39, 0.29) is 16.9 Å². The van der Waals surface area contributed by atoms with Gasteiger partial charge in [-0.25, -0.2) is 0 Å². The van der Waals surface area contributed by atoms with Crippen molar-refractivity contribution in [2.75, 3.05) is 0 Å². The number of nitriles is 1. The van der Waals surface area contributed by atoms with E-state index in [1.54, 1.807) is 43.4 Å². The number of nitrogens with one attached hydrogen (secondary N) is 1. The highest BCUT2D eigenvalue weighted by molar-refractivity contribution is 5.92. The maximum atomic E-state index is 12.1. The fourth-order valence-corrected chi connectivity index (χ4v) is 2.12. The standard InChI is InChI=1S/C16H14N2O2.C2H6/c1-3-5-11(4-2)14-15(19)12-8-10(9-17)6-7-13(12)18-16(14)20;1-2/h3-8H,1-2H3,(H2,18,19,20);1-2H3/b5-3-,11-4+;. The molecule has 0 saturated carbocycles. The number of aromatic nitrogens is 1. The van der Waals surface area contributed by atoms with Crippen molar-refractivity contribution in [1.29, 1.82) is 5.26 Å². The topological polar surface area (TPSA) is 76.9 Å². The Kier molecular flexibility index (Phi) is 6.15. The first-order chi connectivity index (χ1) is 10.6. The van der Waals surface area contributed by atoms with Crippen LogP contribution in [0.5, 0.6) is 5.75 Å². The zero-order valence-electron chi connectivity index (χ0n) is 13.3. The van der Waals surface area contributed by atoms with Crippen molar-refractivity contribution in [2.45, 2.75) is 27.7 Å².